The molecule has 1 aromatic rings. The minimum atomic E-state index is -3.63. The van der Waals surface area contributed by atoms with E-state index in [2.05, 4.69) is 4.72 Å². The number of nitro groups is 1. The SMILES string of the molecule is CCc1ccc(S(=O)(=O)NC)cc1[N+](=O)[O-]. The van der Waals surface area contributed by atoms with Gasteiger partial charge in [-0.15, -0.1) is 0 Å². The Kier molecular flexibility index (Phi) is 3.61. The van der Waals surface area contributed by atoms with Crippen molar-refractivity contribution in [2.24, 2.45) is 0 Å². The summed E-state index contributed by atoms with van der Waals surface area (Å²) in [5.41, 5.74) is 0.346. The molecule has 0 aliphatic carbocycles. The summed E-state index contributed by atoms with van der Waals surface area (Å²) in [7, 11) is -2.37. The Morgan fingerprint density at radius 1 is 1.44 bits per heavy atom. The summed E-state index contributed by atoms with van der Waals surface area (Å²) in [5, 5.41) is 10.7. The zero-order valence-corrected chi connectivity index (χ0v) is 9.74. The van der Waals surface area contributed by atoms with Gasteiger partial charge in [-0.1, -0.05) is 13.0 Å². The van der Waals surface area contributed by atoms with Gasteiger partial charge >= 0.3 is 0 Å². The highest BCUT2D eigenvalue weighted by atomic mass is 32.2. The second kappa shape index (κ2) is 4.58. The highest BCUT2D eigenvalue weighted by Crippen LogP contribution is 2.23. The molecule has 0 aromatic heterocycles. The van der Waals surface area contributed by atoms with Crippen LogP contribution in [0.2, 0.25) is 0 Å². The van der Waals surface area contributed by atoms with E-state index in [0.29, 0.717) is 12.0 Å². The third kappa shape index (κ3) is 2.37. The molecule has 0 saturated heterocycles. The van der Waals surface area contributed by atoms with Gasteiger partial charge in [0, 0.05) is 11.6 Å². The largest absolute Gasteiger partial charge is 0.273 e. The molecule has 0 spiro atoms. The fraction of sp³-hybridized carbons (Fsp3) is 0.333. The van der Waals surface area contributed by atoms with Crippen LogP contribution in [0, 0.1) is 10.1 Å². The van der Waals surface area contributed by atoms with Crippen LogP contribution in [0.4, 0.5) is 5.69 Å². The van der Waals surface area contributed by atoms with Gasteiger partial charge in [-0.25, -0.2) is 13.1 Å². The average Bonchev–Trinajstić information content (AvgIpc) is 2.28. The minimum Gasteiger partial charge on any atom is -0.258 e. The lowest BCUT2D eigenvalue weighted by Gasteiger charge is -2.04. The van der Waals surface area contributed by atoms with Gasteiger partial charge < -0.3 is 0 Å². The maximum absolute atomic E-state index is 11.4. The zero-order chi connectivity index (χ0) is 12.3. The Hall–Kier alpha value is -1.47. The van der Waals surface area contributed by atoms with Crippen LogP contribution in [0.3, 0.4) is 0 Å². The average molecular weight is 244 g/mol. The quantitative estimate of drug-likeness (QED) is 0.633. The molecule has 0 radical (unpaired) electrons. The van der Waals surface area contributed by atoms with Gasteiger partial charge in [-0.2, -0.15) is 0 Å². The summed E-state index contributed by atoms with van der Waals surface area (Å²) in [5.74, 6) is 0. The number of nitro benzene ring substituents is 1. The Morgan fingerprint density at radius 2 is 2.06 bits per heavy atom. The molecule has 6 nitrogen and oxygen atoms in total. The van der Waals surface area contributed by atoms with Gasteiger partial charge in [0.15, 0.2) is 0 Å². The first kappa shape index (κ1) is 12.6. The van der Waals surface area contributed by atoms with Crippen molar-refractivity contribution >= 4 is 15.7 Å². The lowest BCUT2D eigenvalue weighted by Crippen LogP contribution is -2.18. The predicted molar refractivity (Wildman–Crippen MR) is 58.7 cm³/mol. The number of sulfonamides is 1. The third-order valence-electron chi connectivity index (χ3n) is 2.21. The molecule has 0 unspecified atom stereocenters. The molecular weight excluding hydrogens is 232 g/mol. The first-order valence-electron chi connectivity index (χ1n) is 4.63. The topological polar surface area (TPSA) is 89.3 Å². The molecule has 0 aliphatic heterocycles. The number of rotatable bonds is 4. The second-order valence-electron chi connectivity index (χ2n) is 3.11. The van der Waals surface area contributed by atoms with E-state index < -0.39 is 14.9 Å². The summed E-state index contributed by atoms with van der Waals surface area (Å²) < 4.78 is 25.0. The monoisotopic (exact) mass is 244 g/mol. The standard InChI is InChI=1S/C9H12N2O4S/c1-3-7-4-5-8(16(14,15)10-2)6-9(7)11(12)13/h4-6,10H,3H2,1-2H3. The molecular formula is C9H12N2O4S. The number of nitrogens with one attached hydrogen (secondary N) is 1. The van der Waals surface area contributed by atoms with Crippen molar-refractivity contribution in [1.29, 1.82) is 0 Å². The highest BCUT2D eigenvalue weighted by molar-refractivity contribution is 7.89. The predicted octanol–water partition coefficient (Wildman–Crippen LogP) is 1.07. The van der Waals surface area contributed by atoms with E-state index in [1.165, 1.54) is 19.2 Å². The van der Waals surface area contributed by atoms with Gasteiger partial charge in [-0.3, -0.25) is 10.1 Å². The van der Waals surface area contributed by atoms with Crippen LogP contribution in [0.1, 0.15) is 12.5 Å². The molecule has 1 aromatic carbocycles. The summed E-state index contributed by atoms with van der Waals surface area (Å²) >= 11 is 0. The maximum Gasteiger partial charge on any atom is 0.273 e. The number of benzene rings is 1. The molecule has 0 amide bonds. The van der Waals surface area contributed by atoms with Crippen molar-refractivity contribution in [1.82, 2.24) is 4.72 Å². The summed E-state index contributed by atoms with van der Waals surface area (Å²) in [4.78, 5) is 10.1. The van der Waals surface area contributed by atoms with Gasteiger partial charge in [0.05, 0.1) is 9.82 Å². The van der Waals surface area contributed by atoms with Crippen LogP contribution in [0.25, 0.3) is 0 Å². The first-order valence-corrected chi connectivity index (χ1v) is 6.11. The van der Waals surface area contributed by atoms with Crippen LogP contribution >= 0.6 is 0 Å². The van der Waals surface area contributed by atoms with Crippen LogP contribution in [0.15, 0.2) is 23.1 Å². The molecule has 0 aliphatic rings. The molecule has 0 atom stereocenters. The Bertz CT molecular complexity index is 510. The normalized spacial score (nSPS) is 11.4. The van der Waals surface area contributed by atoms with Crippen LogP contribution in [-0.4, -0.2) is 20.4 Å². The van der Waals surface area contributed by atoms with E-state index in [9.17, 15) is 18.5 Å². The first-order chi connectivity index (χ1) is 7.42. The second-order valence-corrected chi connectivity index (χ2v) is 5.00. The Morgan fingerprint density at radius 3 is 2.50 bits per heavy atom. The fourth-order valence-corrected chi connectivity index (χ4v) is 2.05. The van der Waals surface area contributed by atoms with E-state index in [1.54, 1.807) is 6.92 Å². The van der Waals surface area contributed by atoms with Crippen molar-refractivity contribution < 1.29 is 13.3 Å². The molecule has 0 heterocycles. The van der Waals surface area contributed by atoms with E-state index in [4.69, 9.17) is 0 Å². The van der Waals surface area contributed by atoms with Gasteiger partial charge in [0.2, 0.25) is 10.0 Å². The third-order valence-corrected chi connectivity index (χ3v) is 3.63. The van der Waals surface area contributed by atoms with Crippen molar-refractivity contribution in [2.45, 2.75) is 18.2 Å². The molecule has 7 heteroatoms. The van der Waals surface area contributed by atoms with E-state index >= 15 is 0 Å². The van der Waals surface area contributed by atoms with E-state index in [-0.39, 0.29) is 10.6 Å². The van der Waals surface area contributed by atoms with Gasteiger partial charge in [0.1, 0.15) is 0 Å². The number of hydrogen-bond acceptors (Lipinski definition) is 4. The Labute approximate surface area is 93.5 Å². The van der Waals surface area contributed by atoms with Crippen LogP contribution in [-0.2, 0) is 16.4 Å². The summed E-state index contributed by atoms with van der Waals surface area (Å²) in [6.07, 6.45) is 0.482. The lowest BCUT2D eigenvalue weighted by molar-refractivity contribution is -0.385. The van der Waals surface area contributed by atoms with Crippen LogP contribution < -0.4 is 4.72 Å². The highest BCUT2D eigenvalue weighted by Gasteiger charge is 2.19. The number of hydrogen-bond donors (Lipinski definition) is 1. The van der Waals surface area contributed by atoms with Crippen molar-refractivity contribution in [3.05, 3.63) is 33.9 Å². The fourth-order valence-electron chi connectivity index (χ4n) is 1.30. The smallest absolute Gasteiger partial charge is 0.258 e. The zero-order valence-electron chi connectivity index (χ0n) is 8.93. The van der Waals surface area contributed by atoms with Crippen molar-refractivity contribution in [3.8, 4) is 0 Å². The van der Waals surface area contributed by atoms with E-state index in [0.717, 1.165) is 6.07 Å². The number of aryl methyl sites for hydroxylation is 1. The summed E-state index contributed by atoms with van der Waals surface area (Å²) in [6, 6.07) is 3.89. The molecule has 0 fully saturated rings. The lowest BCUT2D eigenvalue weighted by atomic mass is 10.1. The van der Waals surface area contributed by atoms with Crippen molar-refractivity contribution in [3.63, 3.8) is 0 Å². The maximum atomic E-state index is 11.4. The minimum absolute atomic E-state index is 0.0982. The summed E-state index contributed by atoms with van der Waals surface area (Å²) in [6.45, 7) is 1.77. The molecule has 1 N–H and O–H groups in total. The molecule has 0 saturated carbocycles. The number of nitrogens with zero attached hydrogens (tertiary/aromatic N) is 1. The van der Waals surface area contributed by atoms with Crippen LogP contribution in [0.5, 0.6) is 0 Å². The molecule has 1 rings (SSSR count). The van der Waals surface area contributed by atoms with Gasteiger partial charge in [0.25, 0.3) is 5.69 Å². The van der Waals surface area contributed by atoms with Gasteiger partial charge in [-0.05, 0) is 19.5 Å². The molecule has 88 valence electrons. The molecule has 0 bridgehead atoms. The van der Waals surface area contributed by atoms with Crippen molar-refractivity contribution in [2.75, 3.05) is 7.05 Å². The Balaban J connectivity index is 3.39. The van der Waals surface area contributed by atoms with E-state index in [1.807, 2.05) is 0 Å². The molecule has 16 heavy (non-hydrogen) atoms.